The summed E-state index contributed by atoms with van der Waals surface area (Å²) in [4.78, 5) is 17.4. The SMILES string of the molecule is Cc1cc(C)n(CC2CN(c3ccc4cc([N+](=O)[O-])ccc4n3)CCO2)n1. The monoisotopic (exact) mass is 367 g/mol. The Balaban J connectivity index is 1.53. The zero-order valence-electron chi connectivity index (χ0n) is 15.3. The van der Waals surface area contributed by atoms with Crippen molar-refractivity contribution in [2.45, 2.75) is 26.5 Å². The van der Waals surface area contributed by atoms with Crippen molar-refractivity contribution in [1.82, 2.24) is 14.8 Å². The van der Waals surface area contributed by atoms with Crippen LogP contribution in [0.2, 0.25) is 0 Å². The molecule has 0 spiro atoms. The largest absolute Gasteiger partial charge is 0.373 e. The summed E-state index contributed by atoms with van der Waals surface area (Å²) < 4.78 is 7.90. The molecular formula is C19H21N5O3. The molecule has 0 amide bonds. The van der Waals surface area contributed by atoms with Crippen LogP contribution in [0.4, 0.5) is 11.5 Å². The second kappa shape index (κ2) is 6.96. The molecule has 1 saturated heterocycles. The van der Waals surface area contributed by atoms with Gasteiger partial charge in [-0.15, -0.1) is 0 Å². The minimum Gasteiger partial charge on any atom is -0.373 e. The first-order chi connectivity index (χ1) is 13.0. The van der Waals surface area contributed by atoms with Crippen LogP contribution >= 0.6 is 0 Å². The van der Waals surface area contributed by atoms with Gasteiger partial charge in [0.1, 0.15) is 5.82 Å². The Morgan fingerprint density at radius 1 is 1.26 bits per heavy atom. The highest BCUT2D eigenvalue weighted by atomic mass is 16.6. The van der Waals surface area contributed by atoms with Crippen molar-refractivity contribution in [3.63, 3.8) is 0 Å². The highest BCUT2D eigenvalue weighted by Crippen LogP contribution is 2.24. The molecule has 1 aromatic carbocycles. The fraction of sp³-hybridized carbons (Fsp3) is 0.368. The van der Waals surface area contributed by atoms with E-state index in [9.17, 15) is 10.1 Å². The van der Waals surface area contributed by atoms with E-state index >= 15 is 0 Å². The van der Waals surface area contributed by atoms with Crippen LogP contribution in [0, 0.1) is 24.0 Å². The van der Waals surface area contributed by atoms with Crippen molar-refractivity contribution in [3.8, 4) is 0 Å². The molecule has 27 heavy (non-hydrogen) atoms. The zero-order valence-corrected chi connectivity index (χ0v) is 15.3. The van der Waals surface area contributed by atoms with Gasteiger partial charge in [-0.3, -0.25) is 14.8 Å². The zero-order chi connectivity index (χ0) is 19.0. The van der Waals surface area contributed by atoms with Crippen LogP contribution in [-0.2, 0) is 11.3 Å². The van der Waals surface area contributed by atoms with Gasteiger partial charge >= 0.3 is 0 Å². The summed E-state index contributed by atoms with van der Waals surface area (Å²) in [5.41, 5.74) is 2.96. The molecule has 8 heteroatoms. The number of non-ortho nitro benzene ring substituents is 1. The van der Waals surface area contributed by atoms with Crippen LogP contribution in [0.25, 0.3) is 10.9 Å². The number of aromatic nitrogens is 3. The first-order valence-electron chi connectivity index (χ1n) is 8.92. The second-order valence-electron chi connectivity index (χ2n) is 6.85. The minimum absolute atomic E-state index is 0.0334. The molecule has 8 nitrogen and oxygen atoms in total. The van der Waals surface area contributed by atoms with Crippen molar-refractivity contribution in [2.75, 3.05) is 24.6 Å². The Labute approximate surface area is 156 Å². The van der Waals surface area contributed by atoms with E-state index < -0.39 is 0 Å². The number of nitro groups is 1. The van der Waals surface area contributed by atoms with Crippen LogP contribution in [-0.4, -0.2) is 45.5 Å². The summed E-state index contributed by atoms with van der Waals surface area (Å²) in [5.74, 6) is 0.859. The van der Waals surface area contributed by atoms with Crippen molar-refractivity contribution in [1.29, 1.82) is 0 Å². The summed E-state index contributed by atoms with van der Waals surface area (Å²) in [6, 6.07) is 10.6. The van der Waals surface area contributed by atoms with E-state index in [4.69, 9.17) is 4.74 Å². The summed E-state index contributed by atoms with van der Waals surface area (Å²) in [6.07, 6.45) is 0.0334. The third-order valence-electron chi connectivity index (χ3n) is 4.81. The van der Waals surface area contributed by atoms with E-state index in [1.165, 1.54) is 6.07 Å². The molecule has 140 valence electrons. The first-order valence-corrected chi connectivity index (χ1v) is 8.92. The van der Waals surface area contributed by atoms with Gasteiger partial charge in [-0.2, -0.15) is 5.10 Å². The van der Waals surface area contributed by atoms with Crippen LogP contribution in [0.1, 0.15) is 11.4 Å². The van der Waals surface area contributed by atoms with Crippen molar-refractivity contribution in [3.05, 3.63) is 57.9 Å². The molecule has 3 aromatic rings. The summed E-state index contributed by atoms with van der Waals surface area (Å²) in [6.45, 7) is 6.86. The molecular weight excluding hydrogens is 346 g/mol. The molecule has 0 aliphatic carbocycles. The average Bonchev–Trinajstić information content (AvgIpc) is 2.98. The standard InChI is InChI=1S/C19H21N5O3/c1-13-9-14(2)23(21-13)12-17-11-22(7-8-27-17)19-6-3-15-10-16(24(25)26)4-5-18(15)20-19/h3-6,9-10,17H,7-8,11-12H2,1-2H3. The van der Waals surface area contributed by atoms with Gasteiger partial charge < -0.3 is 9.64 Å². The van der Waals surface area contributed by atoms with E-state index in [0.717, 1.165) is 41.2 Å². The maximum Gasteiger partial charge on any atom is 0.270 e. The summed E-state index contributed by atoms with van der Waals surface area (Å²) in [7, 11) is 0. The van der Waals surface area contributed by atoms with E-state index in [1.807, 2.05) is 30.7 Å². The first kappa shape index (κ1) is 17.4. The molecule has 0 saturated carbocycles. The number of rotatable bonds is 4. The quantitative estimate of drug-likeness (QED) is 0.521. The maximum atomic E-state index is 10.9. The number of nitro benzene ring substituents is 1. The molecule has 0 bridgehead atoms. The number of ether oxygens (including phenoxy) is 1. The number of fused-ring (bicyclic) bond motifs is 1. The fourth-order valence-corrected chi connectivity index (χ4v) is 3.48. The predicted octanol–water partition coefficient (Wildman–Crippen LogP) is 2.86. The van der Waals surface area contributed by atoms with Crippen molar-refractivity contribution in [2.24, 2.45) is 0 Å². The molecule has 0 N–H and O–H groups in total. The lowest BCUT2D eigenvalue weighted by Crippen LogP contribution is -2.44. The molecule has 1 atom stereocenters. The van der Waals surface area contributed by atoms with Gasteiger partial charge in [0.15, 0.2) is 0 Å². The molecule has 1 unspecified atom stereocenters. The molecule has 0 radical (unpaired) electrons. The lowest BCUT2D eigenvalue weighted by atomic mass is 10.2. The lowest BCUT2D eigenvalue weighted by Gasteiger charge is -2.34. The van der Waals surface area contributed by atoms with Gasteiger partial charge in [0.2, 0.25) is 0 Å². The summed E-state index contributed by atoms with van der Waals surface area (Å²) in [5, 5.41) is 16.2. The third-order valence-corrected chi connectivity index (χ3v) is 4.81. The lowest BCUT2D eigenvalue weighted by molar-refractivity contribution is -0.384. The van der Waals surface area contributed by atoms with Gasteiger partial charge in [-0.25, -0.2) is 4.98 Å². The Morgan fingerprint density at radius 2 is 2.11 bits per heavy atom. The van der Waals surface area contributed by atoms with E-state index in [0.29, 0.717) is 13.2 Å². The average molecular weight is 367 g/mol. The Morgan fingerprint density at radius 3 is 2.85 bits per heavy atom. The number of anilines is 1. The van der Waals surface area contributed by atoms with Gasteiger partial charge in [-0.05, 0) is 38.1 Å². The van der Waals surface area contributed by atoms with Gasteiger partial charge in [0.25, 0.3) is 5.69 Å². The number of morpholine rings is 1. The maximum absolute atomic E-state index is 10.9. The van der Waals surface area contributed by atoms with E-state index in [-0.39, 0.29) is 16.7 Å². The second-order valence-corrected chi connectivity index (χ2v) is 6.85. The Kier molecular flexibility index (Phi) is 4.49. The number of pyridine rings is 1. The molecule has 1 fully saturated rings. The number of hydrogen-bond acceptors (Lipinski definition) is 6. The van der Waals surface area contributed by atoms with Gasteiger partial charge in [0, 0.05) is 36.3 Å². The van der Waals surface area contributed by atoms with Crippen LogP contribution in [0.3, 0.4) is 0 Å². The van der Waals surface area contributed by atoms with Crippen LogP contribution in [0.15, 0.2) is 36.4 Å². The highest BCUT2D eigenvalue weighted by Gasteiger charge is 2.23. The van der Waals surface area contributed by atoms with E-state index in [1.54, 1.807) is 12.1 Å². The number of benzene rings is 1. The minimum atomic E-state index is -0.390. The van der Waals surface area contributed by atoms with Crippen molar-refractivity contribution < 1.29 is 9.66 Å². The van der Waals surface area contributed by atoms with Gasteiger partial charge in [0.05, 0.1) is 35.4 Å². The molecule has 2 aromatic heterocycles. The normalized spacial score (nSPS) is 17.4. The number of aryl methyl sites for hydroxylation is 2. The van der Waals surface area contributed by atoms with Crippen molar-refractivity contribution >= 4 is 22.4 Å². The predicted molar refractivity (Wildman–Crippen MR) is 102 cm³/mol. The molecule has 1 aliphatic heterocycles. The molecule has 4 rings (SSSR count). The summed E-state index contributed by atoms with van der Waals surface area (Å²) >= 11 is 0. The molecule has 1 aliphatic rings. The van der Waals surface area contributed by atoms with Crippen LogP contribution in [0.5, 0.6) is 0 Å². The number of hydrogen-bond donors (Lipinski definition) is 0. The fourth-order valence-electron chi connectivity index (χ4n) is 3.48. The number of nitrogens with zero attached hydrogens (tertiary/aromatic N) is 5. The smallest absolute Gasteiger partial charge is 0.270 e. The van der Waals surface area contributed by atoms with Crippen LogP contribution < -0.4 is 4.90 Å². The van der Waals surface area contributed by atoms with Gasteiger partial charge in [-0.1, -0.05) is 0 Å². The highest BCUT2D eigenvalue weighted by molar-refractivity contribution is 5.82. The Hall–Kier alpha value is -3.00. The molecule has 3 heterocycles. The van der Waals surface area contributed by atoms with E-state index in [2.05, 4.69) is 21.0 Å². The Bertz CT molecular complexity index is 1000. The topological polar surface area (TPSA) is 86.3 Å². The third kappa shape index (κ3) is 3.61.